The molecule has 20 heavy (non-hydrogen) atoms. The van der Waals surface area contributed by atoms with Crippen LogP contribution in [0.4, 0.5) is 0 Å². The van der Waals surface area contributed by atoms with E-state index >= 15 is 0 Å². The van der Waals surface area contributed by atoms with Crippen molar-refractivity contribution < 1.29 is 48.9 Å². The first-order valence-electron chi connectivity index (χ1n) is 5.23. The number of ether oxygens (including phenoxy) is 1. The Hall–Kier alpha value is -0.600. The number of esters is 1. The Labute approximate surface area is 148 Å². The van der Waals surface area contributed by atoms with Crippen molar-refractivity contribution in [2.45, 2.75) is 4.90 Å². The minimum Gasteiger partial charge on any atom is -1.00 e. The van der Waals surface area contributed by atoms with Crippen LogP contribution in [0.15, 0.2) is 52.1 Å². The molecule has 0 aliphatic rings. The van der Waals surface area contributed by atoms with E-state index in [0.717, 1.165) is 3.97 Å². The second-order valence-electron chi connectivity index (χ2n) is 3.66. The summed E-state index contributed by atoms with van der Waals surface area (Å²) in [5.74, 6) is -0.595. The average molecular weight is 368 g/mol. The van der Waals surface area contributed by atoms with E-state index in [0.29, 0.717) is 0 Å². The molecule has 1 aromatic heterocycles. The van der Waals surface area contributed by atoms with Crippen molar-refractivity contribution in [1.29, 1.82) is 0 Å². The van der Waals surface area contributed by atoms with Crippen molar-refractivity contribution in [3.05, 3.63) is 52.8 Å². The quantitative estimate of drug-likeness (QED) is 0.536. The SMILES string of the molecule is COC(=O)c1cc(Br)n(S(=O)(=O)c2ccccc2)c1.[H-].[Na+]. The van der Waals surface area contributed by atoms with Crippen molar-refractivity contribution in [3.8, 4) is 0 Å². The molecular formula is C12H11BrNNaO4S. The Morgan fingerprint density at radius 1 is 1.30 bits per heavy atom. The summed E-state index contributed by atoms with van der Waals surface area (Å²) in [5.41, 5.74) is 0.161. The van der Waals surface area contributed by atoms with Gasteiger partial charge in [0.15, 0.2) is 0 Å². The molecule has 0 unspecified atom stereocenters. The van der Waals surface area contributed by atoms with Crippen LogP contribution in [0, 0.1) is 0 Å². The summed E-state index contributed by atoms with van der Waals surface area (Å²) in [5, 5.41) is 0. The second kappa shape index (κ2) is 6.91. The van der Waals surface area contributed by atoms with Gasteiger partial charge in [0.1, 0.15) is 4.60 Å². The molecule has 0 atom stereocenters. The van der Waals surface area contributed by atoms with E-state index in [9.17, 15) is 13.2 Å². The first kappa shape index (κ1) is 17.5. The molecule has 0 N–H and O–H groups in total. The van der Waals surface area contributed by atoms with Crippen molar-refractivity contribution in [1.82, 2.24) is 3.97 Å². The van der Waals surface area contributed by atoms with Crippen molar-refractivity contribution >= 4 is 31.9 Å². The number of methoxy groups -OCH3 is 1. The van der Waals surface area contributed by atoms with E-state index in [-0.39, 0.29) is 46.0 Å². The number of nitrogens with zero attached hydrogens (tertiary/aromatic N) is 1. The zero-order chi connectivity index (χ0) is 14.0. The molecule has 2 aromatic rings. The standard InChI is InChI=1S/C12H10BrNO4S.Na.H/c1-18-12(15)9-7-11(13)14(8-9)19(16,17)10-5-3-2-4-6-10;;/h2-8H,1H3;;/q;+1;-1. The molecule has 0 aliphatic carbocycles. The van der Waals surface area contributed by atoms with Crippen LogP contribution >= 0.6 is 15.9 Å². The van der Waals surface area contributed by atoms with Crippen molar-refractivity contribution in [2.75, 3.05) is 7.11 Å². The second-order valence-corrected chi connectivity index (χ2v) is 6.28. The van der Waals surface area contributed by atoms with Crippen LogP contribution in [0.25, 0.3) is 0 Å². The summed E-state index contributed by atoms with van der Waals surface area (Å²) < 4.78 is 30.5. The van der Waals surface area contributed by atoms with Gasteiger partial charge < -0.3 is 6.16 Å². The van der Waals surface area contributed by atoms with Gasteiger partial charge >= 0.3 is 35.5 Å². The fraction of sp³-hybridized carbons (Fsp3) is 0.0833. The van der Waals surface area contributed by atoms with Gasteiger partial charge in [-0.25, -0.2) is 17.2 Å². The van der Waals surface area contributed by atoms with Crippen LogP contribution in [0.5, 0.6) is 0 Å². The summed E-state index contributed by atoms with van der Waals surface area (Å²) in [7, 11) is -2.49. The Balaban J connectivity index is 0.00000200. The van der Waals surface area contributed by atoms with E-state index in [4.69, 9.17) is 0 Å². The molecule has 5 nitrogen and oxygen atoms in total. The smallest absolute Gasteiger partial charge is 1.00 e. The molecule has 0 fully saturated rings. The van der Waals surface area contributed by atoms with Gasteiger partial charge in [-0.3, -0.25) is 0 Å². The molecule has 1 heterocycles. The van der Waals surface area contributed by atoms with E-state index < -0.39 is 16.0 Å². The molecule has 2 rings (SSSR count). The van der Waals surface area contributed by atoms with Gasteiger partial charge in [-0.1, -0.05) is 18.2 Å². The van der Waals surface area contributed by atoms with Crippen molar-refractivity contribution in [3.63, 3.8) is 0 Å². The fourth-order valence-electron chi connectivity index (χ4n) is 1.54. The average Bonchev–Trinajstić information content (AvgIpc) is 2.81. The topological polar surface area (TPSA) is 65.4 Å². The molecular weight excluding hydrogens is 357 g/mol. The van der Waals surface area contributed by atoms with E-state index in [1.165, 1.54) is 31.5 Å². The molecule has 0 bridgehead atoms. The predicted octanol–water partition coefficient (Wildman–Crippen LogP) is -0.609. The number of hydrogen-bond acceptors (Lipinski definition) is 4. The molecule has 0 radical (unpaired) electrons. The van der Waals surface area contributed by atoms with Gasteiger partial charge in [-0.15, -0.1) is 0 Å². The zero-order valence-electron chi connectivity index (χ0n) is 11.9. The normalized spacial score (nSPS) is 10.7. The molecule has 0 saturated carbocycles. The Morgan fingerprint density at radius 2 is 1.90 bits per heavy atom. The monoisotopic (exact) mass is 367 g/mol. The molecule has 0 saturated heterocycles. The van der Waals surface area contributed by atoms with Crippen LogP contribution in [-0.2, 0) is 14.8 Å². The number of carbonyl (C=O) groups excluding carboxylic acids is 1. The molecule has 1 aromatic carbocycles. The number of hydrogen-bond donors (Lipinski definition) is 0. The molecule has 0 aliphatic heterocycles. The maximum Gasteiger partial charge on any atom is 1.00 e. The van der Waals surface area contributed by atoms with E-state index in [2.05, 4.69) is 20.7 Å². The summed E-state index contributed by atoms with van der Waals surface area (Å²) >= 11 is 3.12. The Kier molecular flexibility index (Phi) is 6.03. The van der Waals surface area contributed by atoms with Crippen LogP contribution in [0.3, 0.4) is 0 Å². The van der Waals surface area contributed by atoms with Gasteiger partial charge in [-0.2, -0.15) is 0 Å². The van der Waals surface area contributed by atoms with Crippen LogP contribution in [0.1, 0.15) is 11.8 Å². The Bertz CT molecular complexity index is 718. The summed E-state index contributed by atoms with van der Waals surface area (Å²) in [6.45, 7) is 0. The molecule has 0 amide bonds. The van der Waals surface area contributed by atoms with Crippen LogP contribution in [0.2, 0.25) is 0 Å². The third-order valence-electron chi connectivity index (χ3n) is 2.46. The first-order chi connectivity index (χ1) is 8.96. The van der Waals surface area contributed by atoms with E-state index in [1.807, 2.05) is 0 Å². The molecule has 0 spiro atoms. The number of benzene rings is 1. The Morgan fingerprint density at radius 3 is 2.45 bits per heavy atom. The predicted molar refractivity (Wildman–Crippen MR) is 73.6 cm³/mol. The number of halogens is 1. The van der Waals surface area contributed by atoms with Gasteiger partial charge in [0.2, 0.25) is 0 Å². The first-order valence-corrected chi connectivity index (χ1v) is 7.47. The van der Waals surface area contributed by atoms with Gasteiger partial charge in [0.05, 0.1) is 17.6 Å². The maximum absolute atomic E-state index is 12.4. The maximum atomic E-state index is 12.4. The zero-order valence-corrected chi connectivity index (χ0v) is 15.3. The van der Waals surface area contributed by atoms with Crippen LogP contribution < -0.4 is 29.6 Å². The minimum absolute atomic E-state index is 0. The fourth-order valence-corrected chi connectivity index (χ4v) is 3.72. The van der Waals surface area contributed by atoms with Gasteiger partial charge in [0.25, 0.3) is 10.0 Å². The summed E-state index contributed by atoms with van der Waals surface area (Å²) in [4.78, 5) is 11.5. The van der Waals surface area contributed by atoms with Gasteiger partial charge in [-0.05, 0) is 34.1 Å². The summed E-state index contributed by atoms with van der Waals surface area (Å²) in [6.07, 6.45) is 1.22. The number of aromatic nitrogens is 1. The van der Waals surface area contributed by atoms with Crippen LogP contribution in [-0.4, -0.2) is 25.5 Å². The minimum atomic E-state index is -3.73. The third-order valence-corrected chi connectivity index (χ3v) is 5.00. The number of carbonyl (C=O) groups is 1. The summed E-state index contributed by atoms with van der Waals surface area (Å²) in [6, 6.07) is 9.35. The molecule has 102 valence electrons. The number of rotatable bonds is 3. The largest absolute Gasteiger partial charge is 1.00 e. The molecule has 8 heteroatoms. The van der Waals surface area contributed by atoms with Crippen molar-refractivity contribution in [2.24, 2.45) is 0 Å². The third kappa shape index (κ3) is 3.35. The van der Waals surface area contributed by atoms with Gasteiger partial charge in [0, 0.05) is 6.20 Å². The van der Waals surface area contributed by atoms with E-state index in [1.54, 1.807) is 18.2 Å².